The standard InChI is InChI=1S/C11H20N4O2S2/c1-5-6-15-7-9(13-8(15)2)19(16,17)14-11(3,4)10(12)18/h7,14H,5-6H2,1-4H3,(H2,12,18). The van der Waals surface area contributed by atoms with Crippen molar-refractivity contribution in [3.8, 4) is 0 Å². The monoisotopic (exact) mass is 304 g/mol. The van der Waals surface area contributed by atoms with E-state index < -0.39 is 15.6 Å². The highest BCUT2D eigenvalue weighted by molar-refractivity contribution is 7.89. The van der Waals surface area contributed by atoms with E-state index in [-0.39, 0.29) is 10.0 Å². The Hall–Kier alpha value is -0.990. The Morgan fingerprint density at radius 1 is 1.58 bits per heavy atom. The number of sulfonamides is 1. The third-order valence-corrected chi connectivity index (χ3v) is 4.74. The van der Waals surface area contributed by atoms with Gasteiger partial charge in [-0.05, 0) is 27.2 Å². The summed E-state index contributed by atoms with van der Waals surface area (Å²) >= 11 is 4.85. The van der Waals surface area contributed by atoms with E-state index in [0.29, 0.717) is 5.82 Å². The first-order chi connectivity index (χ1) is 8.60. The van der Waals surface area contributed by atoms with Crippen LogP contribution in [0.5, 0.6) is 0 Å². The van der Waals surface area contributed by atoms with Gasteiger partial charge in [-0.15, -0.1) is 0 Å². The lowest BCUT2D eigenvalue weighted by molar-refractivity contribution is 0.543. The van der Waals surface area contributed by atoms with E-state index in [0.717, 1.165) is 13.0 Å². The predicted octanol–water partition coefficient (Wildman–Crippen LogP) is 0.945. The predicted molar refractivity (Wildman–Crippen MR) is 78.4 cm³/mol. The summed E-state index contributed by atoms with van der Waals surface area (Å²) in [5.41, 5.74) is 4.53. The van der Waals surface area contributed by atoms with Gasteiger partial charge in [0, 0.05) is 12.7 Å². The smallest absolute Gasteiger partial charge is 0.260 e. The number of aromatic nitrogens is 2. The molecular weight excluding hydrogens is 284 g/mol. The minimum Gasteiger partial charge on any atom is -0.392 e. The zero-order valence-corrected chi connectivity index (χ0v) is 13.2. The van der Waals surface area contributed by atoms with E-state index in [1.807, 2.05) is 11.5 Å². The van der Waals surface area contributed by atoms with Gasteiger partial charge in [-0.1, -0.05) is 19.1 Å². The van der Waals surface area contributed by atoms with Crippen LogP contribution in [0.25, 0.3) is 0 Å². The quantitative estimate of drug-likeness (QED) is 0.764. The first kappa shape index (κ1) is 16.1. The Balaban J connectivity index is 3.08. The van der Waals surface area contributed by atoms with Crippen molar-refractivity contribution < 1.29 is 8.42 Å². The number of aryl methyl sites for hydroxylation is 2. The van der Waals surface area contributed by atoms with Gasteiger partial charge in [0.15, 0.2) is 5.03 Å². The van der Waals surface area contributed by atoms with Crippen molar-refractivity contribution in [2.24, 2.45) is 5.73 Å². The largest absolute Gasteiger partial charge is 0.392 e. The molecule has 6 nitrogen and oxygen atoms in total. The Morgan fingerprint density at radius 2 is 2.16 bits per heavy atom. The molecule has 0 atom stereocenters. The van der Waals surface area contributed by atoms with Gasteiger partial charge in [0.2, 0.25) is 0 Å². The van der Waals surface area contributed by atoms with Gasteiger partial charge in [0.1, 0.15) is 5.82 Å². The molecule has 8 heteroatoms. The van der Waals surface area contributed by atoms with E-state index in [9.17, 15) is 8.42 Å². The molecule has 0 aromatic carbocycles. The number of imidazole rings is 1. The molecule has 0 saturated carbocycles. The second-order valence-electron chi connectivity index (χ2n) is 4.91. The molecule has 1 rings (SSSR count). The molecule has 0 fully saturated rings. The van der Waals surface area contributed by atoms with Crippen molar-refractivity contribution in [1.29, 1.82) is 0 Å². The van der Waals surface area contributed by atoms with Crippen molar-refractivity contribution in [3.63, 3.8) is 0 Å². The third-order valence-electron chi connectivity index (χ3n) is 2.70. The fraction of sp³-hybridized carbons (Fsp3) is 0.636. The van der Waals surface area contributed by atoms with Crippen molar-refractivity contribution in [2.75, 3.05) is 0 Å². The Labute approximate surface area is 119 Å². The van der Waals surface area contributed by atoms with Crippen LogP contribution in [0.1, 0.15) is 33.0 Å². The van der Waals surface area contributed by atoms with Crippen LogP contribution in [0, 0.1) is 6.92 Å². The molecule has 1 aromatic rings. The highest BCUT2D eigenvalue weighted by atomic mass is 32.2. The van der Waals surface area contributed by atoms with E-state index in [1.54, 1.807) is 20.8 Å². The average Bonchev–Trinajstić information content (AvgIpc) is 2.60. The normalized spacial score (nSPS) is 12.6. The molecule has 19 heavy (non-hydrogen) atoms. The fourth-order valence-electron chi connectivity index (χ4n) is 1.51. The molecule has 108 valence electrons. The highest BCUT2D eigenvalue weighted by Crippen LogP contribution is 2.13. The molecule has 1 heterocycles. The van der Waals surface area contributed by atoms with E-state index in [2.05, 4.69) is 9.71 Å². The number of rotatable bonds is 6. The SMILES string of the molecule is CCCn1cc(S(=O)(=O)NC(C)(C)C(N)=S)nc1C. The third kappa shape index (κ3) is 3.74. The lowest BCUT2D eigenvalue weighted by atomic mass is 10.1. The lowest BCUT2D eigenvalue weighted by Gasteiger charge is -2.23. The second kappa shape index (κ2) is 5.56. The van der Waals surface area contributed by atoms with E-state index in [1.165, 1.54) is 6.20 Å². The van der Waals surface area contributed by atoms with Gasteiger partial charge >= 0.3 is 0 Å². The van der Waals surface area contributed by atoms with Gasteiger partial charge < -0.3 is 10.3 Å². The number of thiocarbonyl (C=S) groups is 1. The zero-order valence-electron chi connectivity index (χ0n) is 11.6. The van der Waals surface area contributed by atoms with Gasteiger partial charge in [0.25, 0.3) is 10.0 Å². The van der Waals surface area contributed by atoms with Crippen LogP contribution in [0.15, 0.2) is 11.2 Å². The molecule has 0 spiro atoms. The zero-order chi connectivity index (χ0) is 14.8. The lowest BCUT2D eigenvalue weighted by Crippen LogP contribution is -2.52. The summed E-state index contributed by atoms with van der Waals surface area (Å²) in [6, 6.07) is 0. The van der Waals surface area contributed by atoms with Crippen LogP contribution >= 0.6 is 12.2 Å². The Bertz CT molecular complexity index is 576. The van der Waals surface area contributed by atoms with Gasteiger partial charge in [-0.3, -0.25) is 0 Å². The molecule has 0 aliphatic heterocycles. The van der Waals surface area contributed by atoms with Crippen LogP contribution in [-0.2, 0) is 16.6 Å². The summed E-state index contributed by atoms with van der Waals surface area (Å²) in [4.78, 5) is 4.16. The Morgan fingerprint density at radius 3 is 2.63 bits per heavy atom. The summed E-state index contributed by atoms with van der Waals surface area (Å²) in [6.07, 6.45) is 2.43. The van der Waals surface area contributed by atoms with Crippen molar-refractivity contribution in [3.05, 3.63) is 12.0 Å². The van der Waals surface area contributed by atoms with Crippen LogP contribution in [-0.4, -0.2) is 28.5 Å². The molecule has 3 N–H and O–H groups in total. The summed E-state index contributed by atoms with van der Waals surface area (Å²) in [5, 5.41) is -0.0113. The first-order valence-corrected chi connectivity index (χ1v) is 7.87. The first-order valence-electron chi connectivity index (χ1n) is 5.98. The van der Waals surface area contributed by atoms with Gasteiger partial charge in [-0.25, -0.2) is 13.4 Å². The maximum atomic E-state index is 12.2. The molecule has 0 aliphatic rings. The van der Waals surface area contributed by atoms with Gasteiger partial charge in [-0.2, -0.15) is 4.72 Å². The van der Waals surface area contributed by atoms with Crippen LogP contribution in [0.2, 0.25) is 0 Å². The van der Waals surface area contributed by atoms with Crippen LogP contribution in [0.3, 0.4) is 0 Å². The minimum atomic E-state index is -3.73. The molecule has 0 amide bonds. The summed E-state index contributed by atoms with van der Waals surface area (Å²) in [6.45, 7) is 7.74. The maximum absolute atomic E-state index is 12.2. The van der Waals surface area contributed by atoms with Crippen LogP contribution < -0.4 is 10.5 Å². The number of hydrogen-bond acceptors (Lipinski definition) is 4. The topological polar surface area (TPSA) is 90.0 Å². The maximum Gasteiger partial charge on any atom is 0.260 e. The number of nitrogens with two attached hydrogens (primary N) is 1. The number of nitrogens with zero attached hydrogens (tertiary/aromatic N) is 2. The molecular formula is C11H20N4O2S2. The average molecular weight is 304 g/mol. The van der Waals surface area contributed by atoms with Crippen molar-refractivity contribution in [1.82, 2.24) is 14.3 Å². The molecule has 0 aliphatic carbocycles. The Kier molecular flexibility index (Phi) is 4.70. The summed E-state index contributed by atoms with van der Waals surface area (Å²) < 4.78 is 28.7. The molecule has 0 bridgehead atoms. The van der Waals surface area contributed by atoms with Crippen molar-refractivity contribution >= 4 is 27.2 Å². The van der Waals surface area contributed by atoms with E-state index >= 15 is 0 Å². The summed E-state index contributed by atoms with van der Waals surface area (Å²) in [5.74, 6) is 0.662. The van der Waals surface area contributed by atoms with Crippen molar-refractivity contribution in [2.45, 2.75) is 51.2 Å². The summed E-state index contributed by atoms with van der Waals surface area (Å²) in [7, 11) is -3.73. The van der Waals surface area contributed by atoms with E-state index in [4.69, 9.17) is 18.0 Å². The van der Waals surface area contributed by atoms with Gasteiger partial charge in [0.05, 0.1) is 10.5 Å². The number of nitrogens with one attached hydrogen (secondary N) is 1. The highest BCUT2D eigenvalue weighted by Gasteiger charge is 2.30. The minimum absolute atomic E-state index is 0.0113. The molecule has 1 aromatic heterocycles. The molecule has 0 saturated heterocycles. The van der Waals surface area contributed by atoms with Crippen LogP contribution in [0.4, 0.5) is 0 Å². The number of hydrogen-bond donors (Lipinski definition) is 2. The molecule has 0 unspecified atom stereocenters. The fourth-order valence-corrected chi connectivity index (χ4v) is 3.03. The molecule has 0 radical (unpaired) electrons. The second-order valence-corrected chi connectivity index (χ2v) is 6.98.